The third-order valence-corrected chi connectivity index (χ3v) is 6.76. The van der Waals surface area contributed by atoms with E-state index in [9.17, 15) is 4.79 Å². The minimum absolute atomic E-state index is 0.0419. The summed E-state index contributed by atoms with van der Waals surface area (Å²) in [7, 11) is 0. The fourth-order valence-electron chi connectivity index (χ4n) is 4.85. The summed E-state index contributed by atoms with van der Waals surface area (Å²) >= 11 is 0. The number of Topliss-reactive ketones (excluding diaryl/α,β-unsaturated/α-hetero) is 1. The van der Waals surface area contributed by atoms with Crippen LogP contribution >= 0.6 is 0 Å². The van der Waals surface area contributed by atoms with Crippen molar-refractivity contribution >= 4 is 5.78 Å². The second-order valence-corrected chi connectivity index (χ2v) is 9.24. The quantitative estimate of drug-likeness (QED) is 0.285. The van der Waals surface area contributed by atoms with Crippen LogP contribution in [0.2, 0.25) is 0 Å². The first kappa shape index (κ1) is 23.6. The Morgan fingerprint density at radius 3 is 2.56 bits per heavy atom. The zero-order valence-corrected chi connectivity index (χ0v) is 20.4. The van der Waals surface area contributed by atoms with Crippen molar-refractivity contribution in [2.75, 3.05) is 0 Å². The number of aromatic amines is 1. The van der Waals surface area contributed by atoms with Crippen molar-refractivity contribution in [3.05, 3.63) is 65.7 Å². The molecule has 0 bridgehead atoms. The van der Waals surface area contributed by atoms with Gasteiger partial charge in [-0.25, -0.2) is 14.8 Å². The number of aromatic nitrogens is 7. The third-order valence-electron chi connectivity index (χ3n) is 6.76. The fourth-order valence-corrected chi connectivity index (χ4v) is 4.85. The Hall–Kier alpha value is -4.12. The highest BCUT2D eigenvalue weighted by atomic mass is 16.1. The van der Waals surface area contributed by atoms with E-state index in [1.807, 2.05) is 18.2 Å². The maximum Gasteiger partial charge on any atom is 0.217 e. The minimum atomic E-state index is 0.0419. The molecule has 36 heavy (non-hydrogen) atoms. The monoisotopic (exact) mass is 479 g/mol. The SMILES string of the molecule is CC#CCn1nc(C(=O)CC2CCCCC2)nc1Cc1ccc(-c2ccccc2-c2nnn[nH]2)cc1. The summed E-state index contributed by atoms with van der Waals surface area (Å²) in [6.45, 7) is 2.23. The Labute approximate surface area is 210 Å². The van der Waals surface area contributed by atoms with Crippen LogP contribution in [0.1, 0.15) is 67.5 Å². The lowest BCUT2D eigenvalue weighted by Gasteiger charge is -2.19. The highest BCUT2D eigenvalue weighted by Gasteiger charge is 2.22. The van der Waals surface area contributed by atoms with Gasteiger partial charge in [0.25, 0.3) is 0 Å². The molecule has 1 saturated carbocycles. The normalized spacial score (nSPS) is 13.8. The molecule has 182 valence electrons. The number of benzene rings is 2. The van der Waals surface area contributed by atoms with Crippen molar-refractivity contribution in [3.63, 3.8) is 0 Å². The third kappa shape index (κ3) is 5.41. The van der Waals surface area contributed by atoms with Gasteiger partial charge in [-0.15, -0.1) is 16.1 Å². The van der Waals surface area contributed by atoms with Crippen LogP contribution in [0, 0.1) is 17.8 Å². The zero-order valence-electron chi connectivity index (χ0n) is 20.4. The number of nitrogens with zero attached hydrogens (tertiary/aromatic N) is 6. The highest BCUT2D eigenvalue weighted by Crippen LogP contribution is 2.30. The van der Waals surface area contributed by atoms with E-state index >= 15 is 0 Å². The van der Waals surface area contributed by atoms with E-state index in [2.05, 4.69) is 72.9 Å². The summed E-state index contributed by atoms with van der Waals surface area (Å²) in [6, 6.07) is 16.3. The van der Waals surface area contributed by atoms with Gasteiger partial charge < -0.3 is 0 Å². The van der Waals surface area contributed by atoms with E-state index in [0.717, 1.165) is 40.9 Å². The molecule has 1 aliphatic carbocycles. The summed E-state index contributed by atoms with van der Waals surface area (Å²) in [5, 5.41) is 18.8. The number of tetrazole rings is 1. The van der Waals surface area contributed by atoms with Gasteiger partial charge in [-0.2, -0.15) is 0 Å². The zero-order chi connectivity index (χ0) is 24.7. The van der Waals surface area contributed by atoms with Crippen LogP contribution in [0.15, 0.2) is 48.5 Å². The maximum atomic E-state index is 12.9. The van der Waals surface area contributed by atoms with E-state index in [1.54, 1.807) is 11.6 Å². The Morgan fingerprint density at radius 2 is 1.83 bits per heavy atom. The lowest BCUT2D eigenvalue weighted by molar-refractivity contribution is 0.0939. The molecule has 0 spiro atoms. The first-order chi connectivity index (χ1) is 17.7. The molecule has 8 nitrogen and oxygen atoms in total. The van der Waals surface area contributed by atoms with Crippen LogP contribution < -0.4 is 0 Å². The van der Waals surface area contributed by atoms with Crippen LogP contribution in [0.25, 0.3) is 22.5 Å². The average molecular weight is 480 g/mol. The molecule has 0 saturated heterocycles. The molecule has 4 aromatic rings. The predicted octanol–water partition coefficient (Wildman–Crippen LogP) is 4.89. The van der Waals surface area contributed by atoms with Gasteiger partial charge in [-0.05, 0) is 40.0 Å². The van der Waals surface area contributed by atoms with E-state index in [0.29, 0.717) is 37.0 Å². The van der Waals surface area contributed by atoms with Gasteiger partial charge in [0.2, 0.25) is 11.6 Å². The van der Waals surface area contributed by atoms with Gasteiger partial charge in [0.05, 0.1) is 0 Å². The Balaban J connectivity index is 1.35. The second kappa shape index (κ2) is 11.1. The molecular weight excluding hydrogens is 450 g/mol. The van der Waals surface area contributed by atoms with Crippen LogP contribution in [-0.2, 0) is 13.0 Å². The summed E-state index contributed by atoms with van der Waals surface area (Å²) in [4.78, 5) is 17.6. The van der Waals surface area contributed by atoms with Crippen molar-refractivity contribution in [1.82, 2.24) is 35.4 Å². The maximum absolute atomic E-state index is 12.9. The fraction of sp³-hybridized carbons (Fsp3) is 0.357. The van der Waals surface area contributed by atoms with E-state index in [4.69, 9.17) is 0 Å². The molecule has 5 rings (SSSR count). The second-order valence-electron chi connectivity index (χ2n) is 9.24. The molecule has 0 amide bonds. The highest BCUT2D eigenvalue weighted by molar-refractivity contribution is 5.92. The van der Waals surface area contributed by atoms with Crippen LogP contribution in [0.3, 0.4) is 0 Å². The van der Waals surface area contributed by atoms with Crippen LogP contribution in [0.4, 0.5) is 0 Å². The minimum Gasteiger partial charge on any atom is -0.291 e. The number of carbonyl (C=O) groups is 1. The van der Waals surface area contributed by atoms with Gasteiger partial charge in [0.1, 0.15) is 12.4 Å². The molecule has 1 fully saturated rings. The molecule has 0 atom stereocenters. The van der Waals surface area contributed by atoms with Crippen molar-refractivity contribution in [2.45, 2.75) is 58.4 Å². The topological polar surface area (TPSA) is 102 Å². The van der Waals surface area contributed by atoms with Crippen molar-refractivity contribution in [2.24, 2.45) is 5.92 Å². The Kier molecular flexibility index (Phi) is 7.27. The smallest absolute Gasteiger partial charge is 0.217 e. The molecule has 2 heterocycles. The standard InChI is InChI=1S/C28H29N7O/c1-2-3-17-35-26(29-28(32-35)25(36)18-20-9-5-4-6-10-20)19-21-13-15-22(16-14-21)23-11-7-8-12-24(23)27-30-33-34-31-27/h7-8,11-16,20H,4-6,9-10,17-19H2,1H3,(H,30,31,33,34). The summed E-state index contributed by atoms with van der Waals surface area (Å²) in [6.07, 6.45) is 7.08. The lowest BCUT2D eigenvalue weighted by atomic mass is 9.86. The molecular formula is C28H29N7O. The number of H-pyrrole nitrogens is 1. The number of carbonyl (C=O) groups excluding carboxylic acids is 1. The van der Waals surface area contributed by atoms with E-state index in [-0.39, 0.29) is 5.78 Å². The number of hydrogen-bond acceptors (Lipinski definition) is 6. The molecule has 8 heteroatoms. The van der Waals surface area contributed by atoms with Crippen molar-refractivity contribution in [1.29, 1.82) is 0 Å². The molecule has 1 N–H and O–H groups in total. The number of hydrogen-bond donors (Lipinski definition) is 1. The van der Waals surface area contributed by atoms with Gasteiger partial charge in [0, 0.05) is 18.4 Å². The van der Waals surface area contributed by atoms with Crippen LogP contribution in [0.5, 0.6) is 0 Å². The number of rotatable bonds is 8. The van der Waals surface area contributed by atoms with Gasteiger partial charge in [0.15, 0.2) is 5.82 Å². The molecule has 2 aromatic carbocycles. The number of nitrogens with one attached hydrogen (secondary N) is 1. The average Bonchev–Trinajstić information content (AvgIpc) is 3.59. The van der Waals surface area contributed by atoms with Gasteiger partial charge >= 0.3 is 0 Å². The summed E-state index contributed by atoms with van der Waals surface area (Å²) in [5.74, 6) is 8.17. The molecule has 0 radical (unpaired) electrons. The largest absolute Gasteiger partial charge is 0.291 e. The first-order valence-electron chi connectivity index (χ1n) is 12.5. The summed E-state index contributed by atoms with van der Waals surface area (Å²) in [5.41, 5.74) is 4.13. The molecule has 0 aliphatic heterocycles. The molecule has 0 unspecified atom stereocenters. The number of ketones is 1. The van der Waals surface area contributed by atoms with E-state index in [1.165, 1.54) is 19.3 Å². The van der Waals surface area contributed by atoms with Crippen molar-refractivity contribution in [3.8, 4) is 34.4 Å². The lowest BCUT2D eigenvalue weighted by Crippen LogP contribution is -2.13. The molecule has 1 aliphatic rings. The van der Waals surface area contributed by atoms with Gasteiger partial charge in [-0.3, -0.25) is 4.79 Å². The molecule has 2 aromatic heterocycles. The van der Waals surface area contributed by atoms with E-state index < -0.39 is 0 Å². The summed E-state index contributed by atoms with van der Waals surface area (Å²) < 4.78 is 1.77. The van der Waals surface area contributed by atoms with Crippen LogP contribution in [-0.4, -0.2) is 41.2 Å². The van der Waals surface area contributed by atoms with Crippen molar-refractivity contribution < 1.29 is 4.79 Å². The van der Waals surface area contributed by atoms with Gasteiger partial charge in [-0.1, -0.05) is 86.6 Å². The Bertz CT molecular complexity index is 1370. The first-order valence-corrected chi connectivity index (χ1v) is 12.5. The predicted molar refractivity (Wildman–Crippen MR) is 137 cm³/mol. The Morgan fingerprint density at radius 1 is 1.06 bits per heavy atom.